The van der Waals surface area contributed by atoms with Crippen molar-refractivity contribution >= 4 is 11.7 Å². The number of amides is 1. The summed E-state index contributed by atoms with van der Waals surface area (Å²) in [6.07, 6.45) is 1.32. The smallest absolute Gasteiger partial charge is 0.290 e. The summed E-state index contributed by atoms with van der Waals surface area (Å²) in [7, 11) is 6.15. The fourth-order valence-corrected chi connectivity index (χ4v) is 4.96. The number of hydrogen-bond acceptors (Lipinski definition) is 7. The standard InChI is InChI=1S/C31H33NO7/c1-19(2)24-15-21(10-12-26(24)37-4)29(34)31(22-11-13-27(38-5)28(16-22)39-6)17-25(33)30(35)32(31)18-20-8-7-9-23(14-20)36-3/h7-17,19,33H,18H2,1-6H3. The monoisotopic (exact) mass is 531 g/mol. The zero-order valence-corrected chi connectivity index (χ0v) is 23.0. The molecule has 8 heteroatoms. The van der Waals surface area contributed by atoms with Crippen molar-refractivity contribution in [2.24, 2.45) is 0 Å². The number of Topliss-reactive ketones (excluding diaryl/α,β-unsaturated/α-hetero) is 1. The second-order valence-corrected chi connectivity index (χ2v) is 9.55. The van der Waals surface area contributed by atoms with Crippen molar-refractivity contribution in [2.45, 2.75) is 31.8 Å². The highest BCUT2D eigenvalue weighted by Gasteiger charge is 2.53. The minimum atomic E-state index is -1.67. The highest BCUT2D eigenvalue weighted by Crippen LogP contribution is 2.44. The summed E-state index contributed by atoms with van der Waals surface area (Å²) in [6, 6.07) is 17.5. The third kappa shape index (κ3) is 4.90. The summed E-state index contributed by atoms with van der Waals surface area (Å²) in [6.45, 7) is 4.05. The summed E-state index contributed by atoms with van der Waals surface area (Å²) in [5.41, 5.74) is 0.701. The zero-order valence-electron chi connectivity index (χ0n) is 23.0. The van der Waals surface area contributed by atoms with Gasteiger partial charge in [0.1, 0.15) is 11.5 Å². The van der Waals surface area contributed by atoms with Crippen LogP contribution in [0, 0.1) is 0 Å². The van der Waals surface area contributed by atoms with Crippen LogP contribution in [-0.2, 0) is 16.9 Å². The largest absolute Gasteiger partial charge is 0.503 e. The van der Waals surface area contributed by atoms with Gasteiger partial charge in [-0.25, -0.2) is 0 Å². The highest BCUT2D eigenvalue weighted by atomic mass is 16.5. The van der Waals surface area contributed by atoms with Crippen molar-refractivity contribution in [3.05, 3.63) is 94.8 Å². The van der Waals surface area contributed by atoms with Gasteiger partial charge in [-0.05, 0) is 65.1 Å². The van der Waals surface area contributed by atoms with Gasteiger partial charge < -0.3 is 29.0 Å². The lowest BCUT2D eigenvalue weighted by atomic mass is 9.80. The molecule has 204 valence electrons. The van der Waals surface area contributed by atoms with Crippen LogP contribution in [0.3, 0.4) is 0 Å². The summed E-state index contributed by atoms with van der Waals surface area (Å²) in [5, 5.41) is 10.8. The van der Waals surface area contributed by atoms with Gasteiger partial charge in [-0.2, -0.15) is 0 Å². The topological polar surface area (TPSA) is 94.5 Å². The Hall–Kier alpha value is -4.46. The molecule has 39 heavy (non-hydrogen) atoms. The number of ether oxygens (including phenoxy) is 4. The van der Waals surface area contributed by atoms with Crippen molar-refractivity contribution in [1.82, 2.24) is 4.90 Å². The van der Waals surface area contributed by atoms with E-state index in [0.717, 1.165) is 11.1 Å². The lowest BCUT2D eigenvalue weighted by Gasteiger charge is -2.37. The zero-order chi connectivity index (χ0) is 28.3. The van der Waals surface area contributed by atoms with E-state index in [-0.39, 0.29) is 18.2 Å². The molecule has 1 unspecified atom stereocenters. The first-order chi connectivity index (χ1) is 18.7. The minimum absolute atomic E-state index is 0.0316. The fourth-order valence-electron chi connectivity index (χ4n) is 4.96. The third-order valence-corrected chi connectivity index (χ3v) is 6.99. The first-order valence-electron chi connectivity index (χ1n) is 12.5. The number of rotatable bonds is 10. The molecule has 1 amide bonds. The van der Waals surface area contributed by atoms with Crippen LogP contribution in [0.1, 0.15) is 46.8 Å². The van der Waals surface area contributed by atoms with Crippen LogP contribution in [0.2, 0.25) is 0 Å². The number of aliphatic hydroxyl groups is 1. The number of carbonyl (C=O) groups excluding carboxylic acids is 2. The molecule has 3 aromatic rings. The Morgan fingerprint density at radius 3 is 2.21 bits per heavy atom. The number of hydrogen-bond donors (Lipinski definition) is 1. The number of methoxy groups -OCH3 is 4. The van der Waals surface area contributed by atoms with Crippen LogP contribution >= 0.6 is 0 Å². The van der Waals surface area contributed by atoms with Crippen LogP contribution < -0.4 is 18.9 Å². The summed E-state index contributed by atoms with van der Waals surface area (Å²) in [5.74, 6) is 0.621. The van der Waals surface area contributed by atoms with Gasteiger partial charge in [0.2, 0.25) is 0 Å². The molecule has 1 heterocycles. The van der Waals surface area contributed by atoms with E-state index in [1.807, 2.05) is 19.9 Å². The van der Waals surface area contributed by atoms with Crippen LogP contribution in [0.4, 0.5) is 0 Å². The molecule has 1 aliphatic rings. The Balaban J connectivity index is 1.96. The Bertz CT molecular complexity index is 1430. The van der Waals surface area contributed by atoms with Crippen LogP contribution in [0.5, 0.6) is 23.0 Å². The highest BCUT2D eigenvalue weighted by molar-refractivity contribution is 6.11. The molecule has 0 saturated heterocycles. The van der Waals surface area contributed by atoms with Gasteiger partial charge in [-0.3, -0.25) is 9.59 Å². The van der Waals surface area contributed by atoms with Crippen molar-refractivity contribution in [2.75, 3.05) is 28.4 Å². The van der Waals surface area contributed by atoms with Crippen LogP contribution in [0.25, 0.3) is 0 Å². The molecule has 0 radical (unpaired) electrons. The van der Waals surface area contributed by atoms with E-state index < -0.39 is 17.2 Å². The predicted octanol–water partition coefficient (Wildman–Crippen LogP) is 5.41. The Morgan fingerprint density at radius 2 is 1.56 bits per heavy atom. The van der Waals surface area contributed by atoms with Crippen molar-refractivity contribution in [3.63, 3.8) is 0 Å². The van der Waals surface area contributed by atoms with Gasteiger partial charge in [0.15, 0.2) is 28.6 Å². The molecule has 0 fully saturated rings. The van der Waals surface area contributed by atoms with Crippen molar-refractivity contribution < 1.29 is 33.6 Å². The van der Waals surface area contributed by atoms with Crippen LogP contribution in [-0.4, -0.2) is 50.1 Å². The Morgan fingerprint density at radius 1 is 0.872 bits per heavy atom. The quantitative estimate of drug-likeness (QED) is 0.350. The minimum Gasteiger partial charge on any atom is -0.503 e. The fraction of sp³-hybridized carbons (Fsp3) is 0.290. The van der Waals surface area contributed by atoms with Gasteiger partial charge in [0, 0.05) is 18.2 Å². The second-order valence-electron chi connectivity index (χ2n) is 9.55. The molecule has 0 bridgehead atoms. The summed E-state index contributed by atoms with van der Waals surface area (Å²) < 4.78 is 21.8. The number of aliphatic hydroxyl groups excluding tert-OH is 1. The van der Waals surface area contributed by atoms with E-state index in [1.165, 1.54) is 25.2 Å². The van der Waals surface area contributed by atoms with E-state index in [9.17, 15) is 14.7 Å². The van der Waals surface area contributed by atoms with E-state index in [4.69, 9.17) is 18.9 Å². The van der Waals surface area contributed by atoms with E-state index in [1.54, 1.807) is 68.8 Å². The van der Waals surface area contributed by atoms with Crippen molar-refractivity contribution in [1.29, 1.82) is 0 Å². The molecule has 1 aliphatic heterocycles. The second kappa shape index (κ2) is 11.1. The van der Waals surface area contributed by atoms with Crippen molar-refractivity contribution in [3.8, 4) is 23.0 Å². The average molecular weight is 532 g/mol. The first-order valence-corrected chi connectivity index (χ1v) is 12.5. The number of nitrogens with zero attached hydrogens (tertiary/aromatic N) is 1. The van der Waals surface area contributed by atoms with Gasteiger partial charge in [-0.1, -0.05) is 32.0 Å². The van der Waals surface area contributed by atoms with Crippen LogP contribution in [0.15, 0.2) is 72.5 Å². The first kappa shape index (κ1) is 27.6. The van der Waals surface area contributed by atoms with Gasteiger partial charge in [0.25, 0.3) is 5.91 Å². The maximum Gasteiger partial charge on any atom is 0.290 e. The molecule has 1 atom stereocenters. The van der Waals surface area contributed by atoms with Gasteiger partial charge in [-0.15, -0.1) is 0 Å². The maximum absolute atomic E-state index is 14.6. The SMILES string of the molecule is COc1cccc(CN2C(=O)C(O)=CC2(C(=O)c2ccc(OC)c(C(C)C)c2)c2ccc(OC)c(OC)c2)c1. The lowest BCUT2D eigenvalue weighted by molar-refractivity contribution is -0.131. The molecule has 0 saturated carbocycles. The molecule has 8 nitrogen and oxygen atoms in total. The molecule has 0 spiro atoms. The molecule has 1 N–H and O–H groups in total. The van der Waals surface area contributed by atoms with Gasteiger partial charge >= 0.3 is 0 Å². The average Bonchev–Trinajstić information content (AvgIpc) is 3.21. The van der Waals surface area contributed by atoms with E-state index in [2.05, 4.69) is 0 Å². The molecule has 3 aromatic carbocycles. The normalized spacial score (nSPS) is 16.7. The molecular formula is C31H33NO7. The Labute approximate surface area is 228 Å². The maximum atomic E-state index is 14.6. The Kier molecular flexibility index (Phi) is 7.85. The summed E-state index contributed by atoms with van der Waals surface area (Å²) >= 11 is 0. The molecule has 4 rings (SSSR count). The predicted molar refractivity (Wildman–Crippen MR) is 147 cm³/mol. The third-order valence-electron chi connectivity index (χ3n) is 6.99. The summed E-state index contributed by atoms with van der Waals surface area (Å²) in [4.78, 5) is 29.5. The molecular weight excluding hydrogens is 498 g/mol. The number of carbonyl (C=O) groups is 2. The molecule has 0 aromatic heterocycles. The number of benzene rings is 3. The lowest BCUT2D eigenvalue weighted by Crippen LogP contribution is -2.49. The van der Waals surface area contributed by atoms with E-state index >= 15 is 0 Å². The molecule has 0 aliphatic carbocycles. The number of ketones is 1. The van der Waals surface area contributed by atoms with Gasteiger partial charge in [0.05, 0.1) is 28.4 Å². The van der Waals surface area contributed by atoms with E-state index in [0.29, 0.717) is 34.1 Å².